The molecule has 1 saturated carbocycles. The van der Waals surface area contributed by atoms with Crippen LogP contribution in [0.4, 0.5) is 0 Å². The van der Waals surface area contributed by atoms with E-state index in [0.717, 1.165) is 12.8 Å². The summed E-state index contributed by atoms with van der Waals surface area (Å²) < 4.78 is 0. The summed E-state index contributed by atoms with van der Waals surface area (Å²) in [4.78, 5) is 13.8. The molecule has 2 aliphatic heterocycles. The van der Waals surface area contributed by atoms with Gasteiger partial charge in [-0.05, 0) is 12.8 Å². The Morgan fingerprint density at radius 2 is 2.07 bits per heavy atom. The van der Waals surface area contributed by atoms with Crippen LogP contribution in [0.1, 0.15) is 19.3 Å². The number of fused-ring (bicyclic) bond motifs is 2. The number of Topliss-reactive ketones (excluding diaryl/α,β-unsaturated/α-hetero) is 1. The van der Waals surface area contributed by atoms with Crippen LogP contribution >= 0.6 is 0 Å². The Labute approximate surface area is 82.5 Å². The molecule has 4 nitrogen and oxygen atoms in total. The Kier molecular flexibility index (Phi) is 1.62. The lowest BCUT2D eigenvalue weighted by Crippen LogP contribution is -2.51. The van der Waals surface area contributed by atoms with Gasteiger partial charge in [0.2, 0.25) is 0 Å². The van der Waals surface area contributed by atoms with Crippen molar-refractivity contribution in [3.63, 3.8) is 0 Å². The standard InChI is InChI=1S/C10H15NO3/c12-6-5-11-4-1-7(13)10(2-3-10)9(11)8(6)14/h6,8-9,12,14H,1-5H2. The van der Waals surface area contributed by atoms with Crippen LogP contribution in [-0.2, 0) is 4.79 Å². The summed E-state index contributed by atoms with van der Waals surface area (Å²) in [5, 5.41) is 19.4. The van der Waals surface area contributed by atoms with Crippen molar-refractivity contribution < 1.29 is 15.0 Å². The molecule has 3 rings (SSSR count). The van der Waals surface area contributed by atoms with Crippen LogP contribution in [0.5, 0.6) is 0 Å². The fourth-order valence-corrected chi connectivity index (χ4v) is 3.16. The summed E-state index contributed by atoms with van der Waals surface area (Å²) in [6, 6.07) is -0.0984. The van der Waals surface area contributed by atoms with Gasteiger partial charge >= 0.3 is 0 Å². The van der Waals surface area contributed by atoms with Crippen LogP contribution < -0.4 is 0 Å². The quantitative estimate of drug-likeness (QED) is 0.531. The van der Waals surface area contributed by atoms with E-state index >= 15 is 0 Å². The molecule has 78 valence electrons. The van der Waals surface area contributed by atoms with E-state index in [4.69, 9.17) is 0 Å². The third-order valence-corrected chi connectivity index (χ3v) is 4.07. The van der Waals surface area contributed by atoms with Crippen molar-refractivity contribution in [2.75, 3.05) is 13.1 Å². The first-order chi connectivity index (χ1) is 6.65. The van der Waals surface area contributed by atoms with Crippen LogP contribution in [0.15, 0.2) is 0 Å². The molecule has 2 saturated heterocycles. The number of carbonyl (C=O) groups is 1. The Morgan fingerprint density at radius 3 is 2.71 bits per heavy atom. The van der Waals surface area contributed by atoms with E-state index in [9.17, 15) is 15.0 Å². The zero-order valence-corrected chi connectivity index (χ0v) is 8.02. The molecular weight excluding hydrogens is 182 g/mol. The predicted molar refractivity (Wildman–Crippen MR) is 48.7 cm³/mol. The number of rotatable bonds is 0. The molecule has 3 aliphatic rings. The van der Waals surface area contributed by atoms with Crippen molar-refractivity contribution in [1.29, 1.82) is 0 Å². The van der Waals surface area contributed by atoms with Gasteiger partial charge in [-0.15, -0.1) is 0 Å². The number of hydrogen-bond acceptors (Lipinski definition) is 4. The molecule has 14 heavy (non-hydrogen) atoms. The van der Waals surface area contributed by atoms with Gasteiger partial charge in [0.05, 0.1) is 18.2 Å². The first-order valence-electron chi connectivity index (χ1n) is 5.29. The fourth-order valence-electron chi connectivity index (χ4n) is 3.16. The van der Waals surface area contributed by atoms with E-state index in [1.54, 1.807) is 0 Å². The van der Waals surface area contributed by atoms with Gasteiger partial charge in [-0.2, -0.15) is 0 Å². The molecule has 1 aliphatic carbocycles. The Morgan fingerprint density at radius 1 is 1.36 bits per heavy atom. The summed E-state index contributed by atoms with van der Waals surface area (Å²) in [5.41, 5.74) is -0.283. The smallest absolute Gasteiger partial charge is 0.141 e. The molecule has 0 amide bonds. The molecule has 2 N–H and O–H groups in total. The monoisotopic (exact) mass is 197 g/mol. The summed E-state index contributed by atoms with van der Waals surface area (Å²) in [6.45, 7) is 1.24. The van der Waals surface area contributed by atoms with Gasteiger partial charge < -0.3 is 10.2 Å². The normalized spacial score (nSPS) is 45.6. The lowest BCUT2D eigenvalue weighted by atomic mass is 9.83. The maximum Gasteiger partial charge on any atom is 0.141 e. The Balaban J connectivity index is 1.94. The minimum atomic E-state index is -0.721. The van der Waals surface area contributed by atoms with Crippen molar-refractivity contribution in [1.82, 2.24) is 4.90 Å². The highest BCUT2D eigenvalue weighted by molar-refractivity contribution is 5.89. The van der Waals surface area contributed by atoms with Crippen LogP contribution in [0.2, 0.25) is 0 Å². The third kappa shape index (κ3) is 0.912. The summed E-state index contributed by atoms with van der Waals surface area (Å²) in [5.74, 6) is 0.298. The zero-order valence-electron chi connectivity index (χ0n) is 8.02. The van der Waals surface area contributed by atoms with Crippen molar-refractivity contribution in [3.05, 3.63) is 0 Å². The van der Waals surface area contributed by atoms with E-state index in [1.807, 2.05) is 0 Å². The molecule has 2 heterocycles. The fraction of sp³-hybridized carbons (Fsp3) is 0.900. The van der Waals surface area contributed by atoms with Gasteiger partial charge in [0.25, 0.3) is 0 Å². The van der Waals surface area contributed by atoms with E-state index < -0.39 is 12.2 Å². The van der Waals surface area contributed by atoms with Gasteiger partial charge in [0, 0.05) is 24.9 Å². The van der Waals surface area contributed by atoms with Crippen LogP contribution in [-0.4, -0.2) is 52.2 Å². The zero-order chi connectivity index (χ0) is 9.92. The number of aliphatic hydroxyl groups is 2. The van der Waals surface area contributed by atoms with Crippen molar-refractivity contribution in [2.24, 2.45) is 5.41 Å². The van der Waals surface area contributed by atoms with E-state index in [0.29, 0.717) is 25.3 Å². The second-order valence-electron chi connectivity index (χ2n) is 4.83. The summed E-state index contributed by atoms with van der Waals surface area (Å²) in [6.07, 6.45) is 1.01. The van der Waals surface area contributed by atoms with Gasteiger partial charge in [-0.3, -0.25) is 9.69 Å². The summed E-state index contributed by atoms with van der Waals surface area (Å²) >= 11 is 0. The maximum absolute atomic E-state index is 11.8. The lowest BCUT2D eigenvalue weighted by molar-refractivity contribution is -0.132. The molecule has 3 unspecified atom stereocenters. The molecular formula is C10H15NO3. The summed E-state index contributed by atoms with van der Waals surface area (Å²) in [7, 11) is 0. The maximum atomic E-state index is 11.8. The van der Waals surface area contributed by atoms with Gasteiger partial charge in [0.1, 0.15) is 5.78 Å². The van der Waals surface area contributed by atoms with Crippen LogP contribution in [0, 0.1) is 5.41 Å². The highest BCUT2D eigenvalue weighted by atomic mass is 16.3. The highest BCUT2D eigenvalue weighted by Crippen LogP contribution is 2.56. The Hall–Kier alpha value is -0.450. The minimum Gasteiger partial charge on any atom is -0.389 e. The van der Waals surface area contributed by atoms with Crippen molar-refractivity contribution in [2.45, 2.75) is 37.5 Å². The molecule has 0 aromatic heterocycles. The van der Waals surface area contributed by atoms with Gasteiger partial charge in [-0.1, -0.05) is 0 Å². The number of piperidine rings is 1. The van der Waals surface area contributed by atoms with Crippen LogP contribution in [0.25, 0.3) is 0 Å². The lowest BCUT2D eigenvalue weighted by Gasteiger charge is -2.36. The van der Waals surface area contributed by atoms with E-state index in [-0.39, 0.29) is 11.5 Å². The largest absolute Gasteiger partial charge is 0.389 e. The number of aliphatic hydroxyl groups excluding tert-OH is 2. The molecule has 3 atom stereocenters. The highest BCUT2D eigenvalue weighted by Gasteiger charge is 2.63. The van der Waals surface area contributed by atoms with Crippen LogP contribution in [0.3, 0.4) is 0 Å². The molecule has 1 spiro atoms. The number of nitrogens with zero attached hydrogens (tertiary/aromatic N) is 1. The molecule has 4 heteroatoms. The molecule has 0 aromatic carbocycles. The number of hydrogen-bond donors (Lipinski definition) is 2. The first kappa shape index (κ1) is 8.83. The van der Waals surface area contributed by atoms with Gasteiger partial charge in [0.15, 0.2) is 0 Å². The number of carbonyl (C=O) groups excluding carboxylic acids is 1. The topological polar surface area (TPSA) is 60.8 Å². The average Bonchev–Trinajstić information content (AvgIpc) is 2.87. The predicted octanol–water partition coefficient (Wildman–Crippen LogP) is -0.855. The van der Waals surface area contributed by atoms with Crippen molar-refractivity contribution in [3.8, 4) is 0 Å². The van der Waals surface area contributed by atoms with Crippen molar-refractivity contribution >= 4 is 5.78 Å². The van der Waals surface area contributed by atoms with E-state index in [1.165, 1.54) is 0 Å². The minimum absolute atomic E-state index is 0.0984. The van der Waals surface area contributed by atoms with Gasteiger partial charge in [-0.25, -0.2) is 0 Å². The first-order valence-corrected chi connectivity index (χ1v) is 5.29. The molecule has 0 bridgehead atoms. The molecule has 3 fully saturated rings. The Bertz CT molecular complexity index is 287. The number of ketones is 1. The second kappa shape index (κ2) is 2.56. The second-order valence-corrected chi connectivity index (χ2v) is 4.83. The average molecular weight is 197 g/mol. The molecule has 0 radical (unpaired) electrons. The third-order valence-electron chi connectivity index (χ3n) is 4.07. The SMILES string of the molecule is O=C1CCN2CC(O)C(O)C2C12CC2. The van der Waals surface area contributed by atoms with E-state index in [2.05, 4.69) is 4.90 Å². The molecule has 0 aromatic rings.